The number of benzene rings is 2. The summed E-state index contributed by atoms with van der Waals surface area (Å²) < 4.78 is 12.5. The van der Waals surface area contributed by atoms with E-state index in [2.05, 4.69) is 15.2 Å². The third-order valence-electron chi connectivity index (χ3n) is 6.24. The summed E-state index contributed by atoms with van der Waals surface area (Å²) in [6.07, 6.45) is 2.54. The van der Waals surface area contributed by atoms with Crippen molar-refractivity contribution in [2.24, 2.45) is 0 Å². The summed E-state index contributed by atoms with van der Waals surface area (Å²) in [6, 6.07) is 14.6. The Hall–Kier alpha value is -3.72. The molecule has 1 N–H and O–H groups in total. The van der Waals surface area contributed by atoms with E-state index in [1.165, 1.54) is 6.20 Å². The van der Waals surface area contributed by atoms with Crippen LogP contribution in [0.15, 0.2) is 59.5 Å². The van der Waals surface area contributed by atoms with E-state index in [-0.39, 0.29) is 24.3 Å². The molecule has 1 fully saturated rings. The molecular formula is C32H46N4O5. The first-order valence-electron chi connectivity index (χ1n) is 14.6. The Morgan fingerprint density at radius 2 is 1.63 bits per heavy atom. The predicted octanol–water partition coefficient (Wildman–Crippen LogP) is 5.80. The number of rotatable bonds is 7. The van der Waals surface area contributed by atoms with Gasteiger partial charge in [0, 0.05) is 32.2 Å². The lowest BCUT2D eigenvalue weighted by molar-refractivity contribution is 0.0465. The first-order valence-corrected chi connectivity index (χ1v) is 14.6. The van der Waals surface area contributed by atoms with Gasteiger partial charge in [0.2, 0.25) is 0 Å². The van der Waals surface area contributed by atoms with Crippen LogP contribution >= 0.6 is 0 Å². The van der Waals surface area contributed by atoms with E-state index in [1.807, 2.05) is 78.8 Å². The number of nitrogens with zero attached hydrogens (tertiary/aromatic N) is 3. The Balaban J connectivity index is 0.00000141. The SMILES string of the molecule is CC.CC.CC(C)(C)OC(=O)NC1CCN(CCn2c(=O)cnc3ccc(C(=O)OCc4ccccc4)cc32)CC1. The first-order chi connectivity index (χ1) is 19.7. The van der Waals surface area contributed by atoms with Crippen molar-refractivity contribution < 1.29 is 19.1 Å². The van der Waals surface area contributed by atoms with Crippen LogP contribution in [0.4, 0.5) is 4.79 Å². The van der Waals surface area contributed by atoms with Crippen molar-refractivity contribution in [3.8, 4) is 0 Å². The number of amides is 1. The van der Waals surface area contributed by atoms with Crippen molar-refractivity contribution in [3.05, 3.63) is 76.2 Å². The molecule has 1 aromatic heterocycles. The molecule has 1 saturated heterocycles. The summed E-state index contributed by atoms with van der Waals surface area (Å²) in [7, 11) is 0. The molecule has 1 aliphatic heterocycles. The van der Waals surface area contributed by atoms with Crippen LogP contribution in [0.2, 0.25) is 0 Å². The molecule has 0 bridgehead atoms. The van der Waals surface area contributed by atoms with E-state index < -0.39 is 11.6 Å². The van der Waals surface area contributed by atoms with Gasteiger partial charge in [-0.25, -0.2) is 14.6 Å². The fourth-order valence-corrected chi connectivity index (χ4v) is 4.34. The van der Waals surface area contributed by atoms with Crippen molar-refractivity contribution in [3.63, 3.8) is 0 Å². The van der Waals surface area contributed by atoms with E-state index in [9.17, 15) is 14.4 Å². The highest BCUT2D eigenvalue weighted by Crippen LogP contribution is 2.16. The molecule has 4 rings (SSSR count). The lowest BCUT2D eigenvalue weighted by atomic mass is 10.1. The van der Waals surface area contributed by atoms with Gasteiger partial charge in [-0.1, -0.05) is 58.0 Å². The first kappa shape index (κ1) is 33.5. The van der Waals surface area contributed by atoms with Crippen LogP contribution in [0, 0.1) is 0 Å². The molecule has 0 radical (unpaired) electrons. The third kappa shape index (κ3) is 10.6. The molecule has 0 spiro atoms. The molecule has 2 heterocycles. The average molecular weight is 567 g/mol. The number of hydrogen-bond donors (Lipinski definition) is 1. The number of hydrogen-bond acceptors (Lipinski definition) is 7. The molecule has 3 aromatic rings. The van der Waals surface area contributed by atoms with Crippen LogP contribution in [-0.2, 0) is 22.6 Å². The summed E-state index contributed by atoms with van der Waals surface area (Å²) >= 11 is 0. The molecule has 0 aliphatic carbocycles. The largest absolute Gasteiger partial charge is 0.457 e. The molecule has 0 saturated carbocycles. The second-order valence-corrected chi connectivity index (χ2v) is 10.3. The maximum atomic E-state index is 12.7. The fourth-order valence-electron chi connectivity index (χ4n) is 4.34. The summed E-state index contributed by atoms with van der Waals surface area (Å²) in [6.45, 7) is 16.4. The summed E-state index contributed by atoms with van der Waals surface area (Å²) in [5.41, 5.74) is 1.77. The van der Waals surface area contributed by atoms with E-state index in [0.29, 0.717) is 29.7 Å². The van der Waals surface area contributed by atoms with Gasteiger partial charge in [-0.3, -0.25) is 4.79 Å². The number of carbonyl (C=O) groups excluding carboxylic acids is 2. The van der Waals surface area contributed by atoms with Crippen molar-refractivity contribution in [2.45, 2.75) is 86.1 Å². The number of piperidine rings is 1. The van der Waals surface area contributed by atoms with Gasteiger partial charge in [-0.2, -0.15) is 0 Å². The highest BCUT2D eigenvalue weighted by atomic mass is 16.6. The molecular weight excluding hydrogens is 520 g/mol. The quantitative estimate of drug-likeness (QED) is 0.361. The summed E-state index contributed by atoms with van der Waals surface area (Å²) in [4.78, 5) is 43.9. The number of likely N-dealkylation sites (tertiary alicyclic amines) is 1. The lowest BCUT2D eigenvalue weighted by Crippen LogP contribution is -2.46. The van der Waals surface area contributed by atoms with Crippen LogP contribution in [0.1, 0.15) is 77.2 Å². The minimum atomic E-state index is -0.524. The molecule has 0 unspecified atom stereocenters. The predicted molar refractivity (Wildman–Crippen MR) is 163 cm³/mol. The molecule has 1 amide bonds. The van der Waals surface area contributed by atoms with E-state index in [1.54, 1.807) is 22.8 Å². The Bertz CT molecular complexity index is 1290. The van der Waals surface area contributed by atoms with Gasteiger partial charge >= 0.3 is 12.1 Å². The highest BCUT2D eigenvalue weighted by Gasteiger charge is 2.23. The Labute approximate surface area is 243 Å². The lowest BCUT2D eigenvalue weighted by Gasteiger charge is -2.33. The zero-order chi connectivity index (χ0) is 30.4. The molecule has 9 heteroatoms. The zero-order valence-corrected chi connectivity index (χ0v) is 25.6. The molecule has 0 atom stereocenters. The van der Waals surface area contributed by atoms with Crippen LogP contribution in [0.5, 0.6) is 0 Å². The topological polar surface area (TPSA) is 103 Å². The summed E-state index contributed by atoms with van der Waals surface area (Å²) in [5, 5.41) is 2.95. The Morgan fingerprint density at radius 3 is 2.27 bits per heavy atom. The monoisotopic (exact) mass is 566 g/mol. The number of ether oxygens (including phenoxy) is 2. The van der Waals surface area contributed by atoms with Crippen molar-refractivity contribution in [2.75, 3.05) is 19.6 Å². The number of carbonyl (C=O) groups is 2. The van der Waals surface area contributed by atoms with Crippen LogP contribution in [0.3, 0.4) is 0 Å². The Kier molecular flexibility index (Phi) is 13.5. The van der Waals surface area contributed by atoms with Gasteiger partial charge < -0.3 is 24.3 Å². The minimum absolute atomic E-state index is 0.0695. The fraction of sp³-hybridized carbons (Fsp3) is 0.500. The molecule has 224 valence electrons. The third-order valence-corrected chi connectivity index (χ3v) is 6.24. The van der Waals surface area contributed by atoms with Gasteiger partial charge in [-0.15, -0.1) is 0 Å². The summed E-state index contributed by atoms with van der Waals surface area (Å²) in [5.74, 6) is -0.451. The zero-order valence-electron chi connectivity index (χ0n) is 25.6. The molecule has 41 heavy (non-hydrogen) atoms. The minimum Gasteiger partial charge on any atom is -0.457 e. The van der Waals surface area contributed by atoms with Crippen molar-refractivity contribution in [1.29, 1.82) is 0 Å². The molecule has 1 aliphatic rings. The van der Waals surface area contributed by atoms with Gasteiger partial charge in [-0.05, 0) is 57.4 Å². The Morgan fingerprint density at radius 1 is 0.976 bits per heavy atom. The normalized spacial score (nSPS) is 13.7. The smallest absolute Gasteiger partial charge is 0.407 e. The number of aromatic nitrogens is 2. The standard InChI is InChI=1S/C28H34N4O5.2C2H6/c1-28(2,3)37-27(35)30-22-11-13-31(14-12-22)15-16-32-24-17-21(9-10-23(24)29-18-25(32)33)26(34)36-19-20-7-5-4-6-8-20;2*1-2/h4-10,17-18,22H,11-16,19H2,1-3H3,(H,30,35);2*1-2H3. The number of alkyl carbamates (subject to hydrolysis) is 1. The van der Waals surface area contributed by atoms with Gasteiger partial charge in [0.25, 0.3) is 5.56 Å². The van der Waals surface area contributed by atoms with Crippen molar-refractivity contribution >= 4 is 23.1 Å². The van der Waals surface area contributed by atoms with Gasteiger partial charge in [0.1, 0.15) is 12.2 Å². The maximum absolute atomic E-state index is 12.7. The number of esters is 1. The van der Waals surface area contributed by atoms with E-state index >= 15 is 0 Å². The van der Waals surface area contributed by atoms with Gasteiger partial charge in [0.15, 0.2) is 0 Å². The second-order valence-electron chi connectivity index (χ2n) is 10.3. The van der Waals surface area contributed by atoms with Crippen LogP contribution in [0.25, 0.3) is 11.0 Å². The second kappa shape index (κ2) is 16.5. The highest BCUT2D eigenvalue weighted by molar-refractivity contribution is 5.93. The number of fused-ring (bicyclic) bond motifs is 1. The van der Waals surface area contributed by atoms with E-state index in [4.69, 9.17) is 9.47 Å². The maximum Gasteiger partial charge on any atom is 0.407 e. The van der Waals surface area contributed by atoms with E-state index in [0.717, 1.165) is 31.5 Å². The van der Waals surface area contributed by atoms with Crippen LogP contribution < -0.4 is 10.9 Å². The average Bonchev–Trinajstić information content (AvgIpc) is 2.97. The van der Waals surface area contributed by atoms with Crippen molar-refractivity contribution in [1.82, 2.24) is 19.8 Å². The number of nitrogens with one attached hydrogen (secondary N) is 1. The molecule has 2 aromatic carbocycles. The molecule has 9 nitrogen and oxygen atoms in total. The van der Waals surface area contributed by atoms with Crippen LogP contribution in [-0.4, -0.2) is 57.8 Å². The van der Waals surface area contributed by atoms with Gasteiger partial charge in [0.05, 0.1) is 22.8 Å².